The third-order valence-corrected chi connectivity index (χ3v) is 6.35. The SMILES string of the molecule is CCOc1cccc([C@@H]2CC(=O)Nc3c2sc(C(=O)O)c3-c2ccc(Cl)cc2)c1. The lowest BCUT2D eigenvalue weighted by Gasteiger charge is -2.24. The fourth-order valence-corrected chi connectivity index (χ4v) is 4.96. The number of halogens is 1. The highest BCUT2D eigenvalue weighted by molar-refractivity contribution is 7.15. The van der Waals surface area contributed by atoms with E-state index in [1.165, 1.54) is 11.3 Å². The van der Waals surface area contributed by atoms with Crippen molar-refractivity contribution in [2.24, 2.45) is 0 Å². The van der Waals surface area contributed by atoms with Gasteiger partial charge < -0.3 is 15.2 Å². The van der Waals surface area contributed by atoms with Crippen molar-refractivity contribution in [1.82, 2.24) is 0 Å². The van der Waals surface area contributed by atoms with Crippen molar-refractivity contribution in [3.05, 3.63) is 68.9 Å². The first-order chi connectivity index (χ1) is 14.0. The molecule has 0 fully saturated rings. The van der Waals surface area contributed by atoms with Crippen LogP contribution in [0.15, 0.2) is 48.5 Å². The van der Waals surface area contributed by atoms with E-state index in [1.807, 2.05) is 31.2 Å². The highest BCUT2D eigenvalue weighted by atomic mass is 35.5. The Bertz CT molecular complexity index is 1090. The van der Waals surface area contributed by atoms with Crippen molar-refractivity contribution in [1.29, 1.82) is 0 Å². The second-order valence-electron chi connectivity index (χ2n) is 6.67. The van der Waals surface area contributed by atoms with Gasteiger partial charge in [0.1, 0.15) is 10.6 Å². The highest BCUT2D eigenvalue weighted by Gasteiger charge is 2.34. The van der Waals surface area contributed by atoms with Crippen LogP contribution in [0.5, 0.6) is 5.75 Å². The van der Waals surface area contributed by atoms with Crippen LogP contribution >= 0.6 is 22.9 Å². The number of carbonyl (C=O) groups excluding carboxylic acids is 1. The van der Waals surface area contributed by atoms with Crippen LogP contribution in [0.2, 0.25) is 5.02 Å². The molecule has 2 heterocycles. The number of hydrogen-bond donors (Lipinski definition) is 2. The van der Waals surface area contributed by atoms with E-state index < -0.39 is 5.97 Å². The van der Waals surface area contributed by atoms with Crippen molar-refractivity contribution >= 4 is 40.5 Å². The van der Waals surface area contributed by atoms with Crippen molar-refractivity contribution in [2.45, 2.75) is 19.3 Å². The van der Waals surface area contributed by atoms with Crippen LogP contribution in [0, 0.1) is 0 Å². The largest absolute Gasteiger partial charge is 0.494 e. The molecule has 0 saturated carbocycles. The van der Waals surface area contributed by atoms with Gasteiger partial charge in [0.25, 0.3) is 0 Å². The third-order valence-electron chi connectivity index (χ3n) is 4.80. The number of fused-ring (bicyclic) bond motifs is 1. The number of benzene rings is 2. The first kappa shape index (κ1) is 19.5. The molecule has 2 aromatic carbocycles. The van der Waals surface area contributed by atoms with Crippen LogP contribution in [0.3, 0.4) is 0 Å². The summed E-state index contributed by atoms with van der Waals surface area (Å²) in [6.45, 7) is 2.46. The van der Waals surface area contributed by atoms with Gasteiger partial charge >= 0.3 is 5.97 Å². The Morgan fingerprint density at radius 3 is 2.72 bits per heavy atom. The molecule has 7 heteroatoms. The predicted molar refractivity (Wildman–Crippen MR) is 114 cm³/mol. The van der Waals surface area contributed by atoms with Crippen LogP contribution < -0.4 is 10.1 Å². The van der Waals surface area contributed by atoms with Crippen LogP contribution in [-0.4, -0.2) is 23.6 Å². The number of amides is 1. The zero-order valence-electron chi connectivity index (χ0n) is 15.6. The van der Waals surface area contributed by atoms with E-state index in [2.05, 4.69) is 5.32 Å². The van der Waals surface area contributed by atoms with Crippen LogP contribution in [0.1, 0.15) is 39.4 Å². The Balaban J connectivity index is 1.88. The predicted octanol–water partition coefficient (Wildman–Crippen LogP) is 5.64. The summed E-state index contributed by atoms with van der Waals surface area (Å²) in [5.74, 6) is -0.673. The van der Waals surface area contributed by atoms with Gasteiger partial charge in [-0.05, 0) is 42.3 Å². The number of hydrogen-bond acceptors (Lipinski definition) is 4. The summed E-state index contributed by atoms with van der Waals surface area (Å²) in [5.41, 5.74) is 2.71. The molecule has 0 spiro atoms. The van der Waals surface area contributed by atoms with Crippen molar-refractivity contribution in [3.63, 3.8) is 0 Å². The summed E-state index contributed by atoms with van der Waals surface area (Å²) < 4.78 is 5.60. The van der Waals surface area contributed by atoms with Crippen molar-refractivity contribution in [2.75, 3.05) is 11.9 Å². The van der Waals surface area contributed by atoms with Gasteiger partial charge in [0, 0.05) is 27.8 Å². The van der Waals surface area contributed by atoms with Crippen molar-refractivity contribution in [3.8, 4) is 16.9 Å². The summed E-state index contributed by atoms with van der Waals surface area (Å²) in [6, 6.07) is 14.6. The molecule has 1 atom stereocenters. The number of aromatic carboxylic acids is 1. The van der Waals surface area contributed by atoms with E-state index >= 15 is 0 Å². The molecule has 0 aliphatic carbocycles. The quantitative estimate of drug-likeness (QED) is 0.552. The lowest BCUT2D eigenvalue weighted by Crippen LogP contribution is -2.22. The topological polar surface area (TPSA) is 75.6 Å². The third kappa shape index (κ3) is 3.73. The Morgan fingerprint density at radius 2 is 2.03 bits per heavy atom. The molecular weight excluding hydrogens is 410 g/mol. The van der Waals surface area contributed by atoms with Gasteiger partial charge in [0.15, 0.2) is 0 Å². The molecule has 0 bridgehead atoms. The summed E-state index contributed by atoms with van der Waals surface area (Å²) in [5, 5.41) is 13.3. The molecule has 3 aromatic rings. The average molecular weight is 428 g/mol. The smallest absolute Gasteiger partial charge is 0.346 e. The van der Waals surface area contributed by atoms with E-state index in [-0.39, 0.29) is 23.1 Å². The van der Waals surface area contributed by atoms with Crippen LogP contribution in [-0.2, 0) is 4.79 Å². The van der Waals surface area contributed by atoms with Gasteiger partial charge in [0.2, 0.25) is 5.91 Å². The minimum atomic E-state index is -1.02. The maximum Gasteiger partial charge on any atom is 0.346 e. The standard InChI is InChI=1S/C22H18ClNO4S/c1-2-28-15-5-3-4-13(10-15)16-11-17(25)24-19-18(12-6-8-14(23)9-7-12)21(22(26)27)29-20(16)19/h3-10,16H,2,11H2,1H3,(H,24,25)(H,26,27)/t16-/m0/s1. The number of thiophene rings is 1. The number of carboxylic acid groups (broad SMARTS) is 1. The molecule has 0 saturated heterocycles. The molecule has 5 nitrogen and oxygen atoms in total. The van der Waals surface area contributed by atoms with E-state index in [0.717, 1.165) is 16.2 Å². The van der Waals surface area contributed by atoms with Gasteiger partial charge in [-0.1, -0.05) is 35.9 Å². The summed E-state index contributed by atoms with van der Waals surface area (Å²) in [7, 11) is 0. The summed E-state index contributed by atoms with van der Waals surface area (Å²) in [4.78, 5) is 25.6. The number of carboxylic acids is 1. The van der Waals surface area contributed by atoms with Gasteiger partial charge in [-0.2, -0.15) is 0 Å². The molecule has 29 heavy (non-hydrogen) atoms. The fraction of sp³-hybridized carbons (Fsp3) is 0.182. The zero-order valence-corrected chi connectivity index (χ0v) is 17.1. The van der Waals surface area contributed by atoms with Gasteiger partial charge in [-0.15, -0.1) is 11.3 Å². The minimum absolute atomic E-state index is 0.144. The first-order valence-electron chi connectivity index (χ1n) is 9.16. The van der Waals surface area contributed by atoms with Gasteiger partial charge in [-0.3, -0.25) is 4.79 Å². The number of rotatable bonds is 5. The summed E-state index contributed by atoms with van der Waals surface area (Å²) in [6.07, 6.45) is 0.252. The molecule has 148 valence electrons. The van der Waals surface area contributed by atoms with E-state index in [9.17, 15) is 14.7 Å². The molecule has 1 aliphatic heterocycles. The van der Waals surface area contributed by atoms with E-state index in [0.29, 0.717) is 28.4 Å². The van der Waals surface area contributed by atoms with E-state index in [1.54, 1.807) is 24.3 Å². The molecule has 1 aromatic heterocycles. The molecule has 1 amide bonds. The van der Waals surface area contributed by atoms with Crippen LogP contribution in [0.4, 0.5) is 5.69 Å². The number of ether oxygens (including phenoxy) is 1. The summed E-state index contributed by atoms with van der Waals surface area (Å²) >= 11 is 7.20. The molecular formula is C22H18ClNO4S. The van der Waals surface area contributed by atoms with E-state index in [4.69, 9.17) is 16.3 Å². The second kappa shape index (κ2) is 7.89. The first-order valence-corrected chi connectivity index (χ1v) is 10.4. The minimum Gasteiger partial charge on any atom is -0.494 e. The number of nitrogens with one attached hydrogen (secondary N) is 1. The van der Waals surface area contributed by atoms with Crippen molar-refractivity contribution < 1.29 is 19.4 Å². The Morgan fingerprint density at radius 1 is 1.28 bits per heavy atom. The average Bonchev–Trinajstić information content (AvgIpc) is 3.08. The second-order valence-corrected chi connectivity index (χ2v) is 8.16. The maximum absolute atomic E-state index is 12.5. The molecule has 0 radical (unpaired) electrons. The Labute approximate surface area is 176 Å². The molecule has 4 rings (SSSR count). The zero-order chi connectivity index (χ0) is 20.5. The Kier molecular flexibility index (Phi) is 5.30. The molecule has 0 unspecified atom stereocenters. The Hall–Kier alpha value is -2.83. The normalized spacial score (nSPS) is 15.5. The lowest BCUT2D eigenvalue weighted by atomic mass is 9.88. The number of anilines is 1. The number of carbonyl (C=O) groups is 2. The highest BCUT2D eigenvalue weighted by Crippen LogP contribution is 2.49. The lowest BCUT2D eigenvalue weighted by molar-refractivity contribution is -0.116. The van der Waals surface area contributed by atoms with Gasteiger partial charge in [0.05, 0.1) is 12.3 Å². The maximum atomic E-state index is 12.5. The van der Waals surface area contributed by atoms with Crippen LogP contribution in [0.25, 0.3) is 11.1 Å². The molecule has 2 N–H and O–H groups in total. The van der Waals surface area contributed by atoms with Gasteiger partial charge in [-0.25, -0.2) is 4.79 Å². The monoisotopic (exact) mass is 427 g/mol. The molecule has 1 aliphatic rings. The fourth-order valence-electron chi connectivity index (χ4n) is 3.59.